The van der Waals surface area contributed by atoms with E-state index >= 15 is 0 Å². The molecule has 1 aliphatic heterocycles. The molecule has 1 heterocycles. The van der Waals surface area contributed by atoms with Gasteiger partial charge in [0.25, 0.3) is 0 Å². The molecule has 2 N–H and O–H groups in total. The first-order valence-electron chi connectivity index (χ1n) is 5.69. The van der Waals surface area contributed by atoms with Gasteiger partial charge in [-0.15, -0.1) is 0 Å². The zero-order chi connectivity index (χ0) is 9.26. The lowest BCUT2D eigenvalue weighted by atomic mass is 9.76. The Morgan fingerprint density at radius 1 is 1.31 bits per heavy atom. The van der Waals surface area contributed by atoms with Crippen molar-refractivity contribution in [2.45, 2.75) is 51.2 Å². The molecule has 2 rings (SSSR count). The van der Waals surface area contributed by atoms with Gasteiger partial charge in [-0.25, -0.2) is 0 Å². The Labute approximate surface area is 80.7 Å². The molecule has 13 heavy (non-hydrogen) atoms. The van der Waals surface area contributed by atoms with Gasteiger partial charge in [0.05, 0.1) is 6.10 Å². The van der Waals surface area contributed by atoms with Crippen molar-refractivity contribution < 1.29 is 5.11 Å². The van der Waals surface area contributed by atoms with Gasteiger partial charge in [0.15, 0.2) is 0 Å². The van der Waals surface area contributed by atoms with Crippen LogP contribution in [0.15, 0.2) is 0 Å². The molecule has 0 aromatic carbocycles. The van der Waals surface area contributed by atoms with Crippen LogP contribution in [0.3, 0.4) is 0 Å². The topological polar surface area (TPSA) is 32.3 Å². The van der Waals surface area contributed by atoms with Crippen molar-refractivity contribution in [2.75, 3.05) is 6.54 Å². The minimum atomic E-state index is -0.0727. The van der Waals surface area contributed by atoms with Crippen molar-refractivity contribution in [2.24, 2.45) is 11.8 Å². The fourth-order valence-corrected chi connectivity index (χ4v) is 2.52. The lowest BCUT2D eigenvalue weighted by molar-refractivity contribution is 0.0173. The van der Waals surface area contributed by atoms with Gasteiger partial charge in [0.1, 0.15) is 0 Å². The van der Waals surface area contributed by atoms with Crippen molar-refractivity contribution >= 4 is 0 Å². The number of hydrogen-bond acceptors (Lipinski definition) is 2. The summed E-state index contributed by atoms with van der Waals surface area (Å²) in [7, 11) is 0. The van der Waals surface area contributed by atoms with Crippen LogP contribution in [-0.4, -0.2) is 23.8 Å². The van der Waals surface area contributed by atoms with Crippen LogP contribution >= 0.6 is 0 Å². The second-order valence-electron chi connectivity index (χ2n) is 4.87. The molecule has 2 aliphatic rings. The van der Waals surface area contributed by atoms with Crippen LogP contribution in [0.2, 0.25) is 0 Å². The maximum Gasteiger partial charge on any atom is 0.0721 e. The zero-order valence-electron chi connectivity index (χ0n) is 8.50. The van der Waals surface area contributed by atoms with Gasteiger partial charge < -0.3 is 10.4 Å². The van der Waals surface area contributed by atoms with Gasteiger partial charge in [-0.3, -0.25) is 0 Å². The van der Waals surface area contributed by atoms with E-state index in [1.807, 2.05) is 0 Å². The van der Waals surface area contributed by atoms with E-state index in [1.165, 1.54) is 25.7 Å². The maximum absolute atomic E-state index is 10.0. The summed E-state index contributed by atoms with van der Waals surface area (Å²) in [6, 6.07) is 0.383. The van der Waals surface area contributed by atoms with Gasteiger partial charge in [-0.05, 0) is 44.1 Å². The minimum absolute atomic E-state index is 0.0727. The lowest BCUT2D eigenvalue weighted by Crippen LogP contribution is -2.49. The van der Waals surface area contributed by atoms with Crippen LogP contribution < -0.4 is 5.32 Å². The third-order valence-electron chi connectivity index (χ3n) is 3.75. The SMILES string of the molecule is CC1CCNC(C(O)C2CCC2)C1. The molecule has 2 heteroatoms. The highest BCUT2D eigenvalue weighted by Crippen LogP contribution is 2.33. The molecule has 0 amide bonds. The van der Waals surface area contributed by atoms with Crippen LogP contribution in [-0.2, 0) is 0 Å². The molecule has 0 radical (unpaired) electrons. The third kappa shape index (κ3) is 2.05. The van der Waals surface area contributed by atoms with E-state index in [0.717, 1.165) is 18.9 Å². The first-order chi connectivity index (χ1) is 6.27. The Morgan fingerprint density at radius 3 is 2.62 bits per heavy atom. The molecule has 1 saturated carbocycles. The van der Waals surface area contributed by atoms with Gasteiger partial charge in [0, 0.05) is 6.04 Å². The predicted octanol–water partition coefficient (Wildman–Crippen LogP) is 1.54. The number of piperidine rings is 1. The van der Waals surface area contributed by atoms with Gasteiger partial charge in [0.2, 0.25) is 0 Å². The molecule has 3 unspecified atom stereocenters. The predicted molar refractivity (Wildman–Crippen MR) is 53.5 cm³/mol. The van der Waals surface area contributed by atoms with Crippen LogP contribution in [0.25, 0.3) is 0 Å². The lowest BCUT2D eigenvalue weighted by Gasteiger charge is -2.39. The van der Waals surface area contributed by atoms with Crippen LogP contribution in [0.4, 0.5) is 0 Å². The van der Waals surface area contributed by atoms with Crippen LogP contribution in [0, 0.1) is 11.8 Å². The first-order valence-corrected chi connectivity index (χ1v) is 5.69. The average molecular weight is 183 g/mol. The fourth-order valence-electron chi connectivity index (χ4n) is 2.52. The number of nitrogens with one attached hydrogen (secondary N) is 1. The molecule has 3 atom stereocenters. The second kappa shape index (κ2) is 3.97. The molecule has 76 valence electrons. The quantitative estimate of drug-likeness (QED) is 0.680. The van der Waals surface area contributed by atoms with Crippen molar-refractivity contribution in [3.8, 4) is 0 Å². The largest absolute Gasteiger partial charge is 0.391 e. The third-order valence-corrected chi connectivity index (χ3v) is 3.75. The highest BCUT2D eigenvalue weighted by molar-refractivity contribution is 4.89. The van der Waals surface area contributed by atoms with Crippen molar-refractivity contribution in [1.82, 2.24) is 5.32 Å². The van der Waals surface area contributed by atoms with Crippen LogP contribution in [0.5, 0.6) is 0 Å². The Kier molecular flexibility index (Phi) is 2.89. The minimum Gasteiger partial charge on any atom is -0.391 e. The fraction of sp³-hybridized carbons (Fsp3) is 1.00. The Balaban J connectivity index is 1.83. The summed E-state index contributed by atoms with van der Waals surface area (Å²) < 4.78 is 0. The average Bonchev–Trinajstić information content (AvgIpc) is 2.01. The first kappa shape index (κ1) is 9.47. The summed E-state index contributed by atoms with van der Waals surface area (Å²) in [6.45, 7) is 3.39. The van der Waals surface area contributed by atoms with E-state index in [0.29, 0.717) is 12.0 Å². The Morgan fingerprint density at radius 2 is 2.08 bits per heavy atom. The summed E-state index contributed by atoms with van der Waals surface area (Å²) in [5, 5.41) is 13.5. The number of aliphatic hydroxyl groups is 1. The molecule has 1 saturated heterocycles. The van der Waals surface area contributed by atoms with E-state index in [1.54, 1.807) is 0 Å². The normalized spacial score (nSPS) is 38.3. The highest BCUT2D eigenvalue weighted by atomic mass is 16.3. The van der Waals surface area contributed by atoms with E-state index in [2.05, 4.69) is 12.2 Å². The monoisotopic (exact) mass is 183 g/mol. The van der Waals surface area contributed by atoms with E-state index in [-0.39, 0.29) is 6.10 Å². The molecule has 0 aromatic heterocycles. The standard InChI is InChI=1S/C11H21NO/c1-8-5-6-12-10(7-8)11(13)9-3-2-4-9/h8-13H,2-7H2,1H3. The van der Waals surface area contributed by atoms with Gasteiger partial charge in [-0.2, -0.15) is 0 Å². The maximum atomic E-state index is 10.0. The van der Waals surface area contributed by atoms with Crippen molar-refractivity contribution in [1.29, 1.82) is 0 Å². The van der Waals surface area contributed by atoms with E-state index in [9.17, 15) is 5.11 Å². The summed E-state index contributed by atoms with van der Waals surface area (Å²) in [6.07, 6.45) is 6.17. The smallest absolute Gasteiger partial charge is 0.0721 e. The molecule has 2 nitrogen and oxygen atoms in total. The zero-order valence-corrected chi connectivity index (χ0v) is 8.50. The molecule has 0 bridgehead atoms. The highest BCUT2D eigenvalue weighted by Gasteiger charge is 2.33. The molecule has 0 spiro atoms. The van der Waals surface area contributed by atoms with Crippen molar-refractivity contribution in [3.63, 3.8) is 0 Å². The van der Waals surface area contributed by atoms with Crippen molar-refractivity contribution in [3.05, 3.63) is 0 Å². The summed E-state index contributed by atoms with van der Waals surface area (Å²) in [5.74, 6) is 1.39. The van der Waals surface area contributed by atoms with E-state index in [4.69, 9.17) is 0 Å². The number of aliphatic hydroxyl groups excluding tert-OH is 1. The Hall–Kier alpha value is -0.0800. The summed E-state index contributed by atoms with van der Waals surface area (Å²) in [5.41, 5.74) is 0. The number of hydrogen-bond donors (Lipinski definition) is 2. The molecule has 2 fully saturated rings. The Bertz CT molecular complexity index is 167. The van der Waals surface area contributed by atoms with Gasteiger partial charge >= 0.3 is 0 Å². The van der Waals surface area contributed by atoms with E-state index < -0.39 is 0 Å². The second-order valence-corrected chi connectivity index (χ2v) is 4.87. The summed E-state index contributed by atoms with van der Waals surface area (Å²) >= 11 is 0. The number of rotatable bonds is 2. The van der Waals surface area contributed by atoms with Gasteiger partial charge in [-0.1, -0.05) is 13.3 Å². The van der Waals surface area contributed by atoms with Crippen LogP contribution in [0.1, 0.15) is 39.0 Å². The molecular formula is C11H21NO. The molecule has 0 aromatic rings. The molecule has 1 aliphatic carbocycles. The molecular weight excluding hydrogens is 162 g/mol. The summed E-state index contributed by atoms with van der Waals surface area (Å²) in [4.78, 5) is 0.